The minimum atomic E-state index is -3.38. The predicted octanol–water partition coefficient (Wildman–Crippen LogP) is 2.00. The Morgan fingerprint density at radius 1 is 1.41 bits per heavy atom. The van der Waals surface area contributed by atoms with Crippen LogP contribution in [0.3, 0.4) is 0 Å². The van der Waals surface area contributed by atoms with E-state index < -0.39 is 15.7 Å². The van der Waals surface area contributed by atoms with Gasteiger partial charge in [-0.3, -0.25) is 0 Å². The fourth-order valence-corrected chi connectivity index (χ4v) is 2.91. The summed E-state index contributed by atoms with van der Waals surface area (Å²) in [5, 5.41) is 2.96. The van der Waals surface area contributed by atoms with Crippen molar-refractivity contribution in [3.63, 3.8) is 0 Å². The first-order valence-corrected chi connectivity index (χ1v) is 7.43. The lowest BCUT2D eigenvalue weighted by atomic mass is 10.3. The van der Waals surface area contributed by atoms with Gasteiger partial charge in [-0.1, -0.05) is 11.6 Å². The lowest BCUT2D eigenvalue weighted by Crippen LogP contribution is -2.24. The Balaban J connectivity index is 2.04. The van der Waals surface area contributed by atoms with Gasteiger partial charge in [-0.05, 0) is 31.0 Å². The van der Waals surface area contributed by atoms with E-state index in [1.807, 2.05) is 0 Å². The van der Waals surface area contributed by atoms with Crippen molar-refractivity contribution in [3.05, 3.63) is 29.0 Å². The molecule has 2 rings (SSSR count). The summed E-state index contributed by atoms with van der Waals surface area (Å²) in [6, 6.07) is 3.95. The Labute approximate surface area is 105 Å². The molecule has 0 unspecified atom stereocenters. The van der Waals surface area contributed by atoms with Crippen molar-refractivity contribution >= 4 is 21.4 Å². The number of hydrogen-bond acceptors (Lipinski definition) is 3. The predicted molar refractivity (Wildman–Crippen MR) is 64.5 cm³/mol. The summed E-state index contributed by atoms with van der Waals surface area (Å²) < 4.78 is 36.7. The Hall–Kier alpha value is -0.650. The molecule has 0 bridgehead atoms. The largest absolute Gasteiger partial charge is 0.313 e. The highest BCUT2D eigenvalue weighted by Gasteiger charge is 2.22. The molecule has 1 aliphatic carbocycles. The number of halogens is 2. The maximum Gasteiger partial charge on any atom is 0.179 e. The van der Waals surface area contributed by atoms with Gasteiger partial charge >= 0.3 is 0 Å². The van der Waals surface area contributed by atoms with Crippen LogP contribution in [0.15, 0.2) is 23.1 Å². The first-order chi connectivity index (χ1) is 7.99. The van der Waals surface area contributed by atoms with E-state index in [1.165, 1.54) is 6.07 Å². The van der Waals surface area contributed by atoms with E-state index in [2.05, 4.69) is 5.32 Å². The minimum Gasteiger partial charge on any atom is -0.313 e. The molecule has 1 N–H and O–H groups in total. The second kappa shape index (κ2) is 4.92. The zero-order chi connectivity index (χ0) is 12.5. The van der Waals surface area contributed by atoms with Crippen molar-refractivity contribution < 1.29 is 12.8 Å². The third kappa shape index (κ3) is 3.40. The summed E-state index contributed by atoms with van der Waals surface area (Å²) in [6.45, 7) is 0.419. The van der Waals surface area contributed by atoms with Gasteiger partial charge in [-0.25, -0.2) is 12.8 Å². The molecule has 1 saturated carbocycles. The zero-order valence-corrected chi connectivity index (χ0v) is 10.7. The first kappa shape index (κ1) is 12.8. The molecule has 0 amide bonds. The van der Waals surface area contributed by atoms with E-state index in [0.29, 0.717) is 12.6 Å². The van der Waals surface area contributed by atoms with Crippen molar-refractivity contribution in [1.29, 1.82) is 0 Å². The molecule has 0 aromatic heterocycles. The smallest absolute Gasteiger partial charge is 0.179 e. The Morgan fingerprint density at radius 2 is 2.12 bits per heavy atom. The highest BCUT2D eigenvalue weighted by atomic mass is 35.5. The monoisotopic (exact) mass is 277 g/mol. The van der Waals surface area contributed by atoms with Gasteiger partial charge in [0.25, 0.3) is 0 Å². The maximum absolute atomic E-state index is 12.9. The van der Waals surface area contributed by atoms with Crippen LogP contribution in [0.2, 0.25) is 5.02 Å². The number of sulfone groups is 1. The van der Waals surface area contributed by atoms with E-state index >= 15 is 0 Å². The molecular formula is C11H13ClFNO2S. The number of hydrogen-bond donors (Lipinski definition) is 1. The molecule has 0 saturated heterocycles. The van der Waals surface area contributed by atoms with Gasteiger partial charge in [0, 0.05) is 12.6 Å². The highest BCUT2D eigenvalue weighted by Crippen LogP contribution is 2.21. The molecule has 1 fully saturated rings. The highest BCUT2D eigenvalue weighted by molar-refractivity contribution is 7.91. The Kier molecular flexibility index (Phi) is 3.70. The second-order valence-corrected chi connectivity index (χ2v) is 6.64. The van der Waals surface area contributed by atoms with Crippen LogP contribution < -0.4 is 5.32 Å². The van der Waals surface area contributed by atoms with Gasteiger partial charge in [-0.2, -0.15) is 0 Å². The van der Waals surface area contributed by atoms with Gasteiger partial charge < -0.3 is 5.32 Å². The minimum absolute atomic E-state index is 0.00542. The second-order valence-electron chi connectivity index (χ2n) is 4.12. The van der Waals surface area contributed by atoms with Crippen LogP contribution in [0.25, 0.3) is 0 Å². The van der Waals surface area contributed by atoms with E-state index in [-0.39, 0.29) is 15.7 Å². The van der Waals surface area contributed by atoms with Crippen LogP contribution in [0, 0.1) is 5.82 Å². The summed E-state index contributed by atoms with van der Waals surface area (Å²) in [6.07, 6.45) is 2.23. The summed E-state index contributed by atoms with van der Waals surface area (Å²) in [7, 11) is -3.38. The topological polar surface area (TPSA) is 46.2 Å². The zero-order valence-electron chi connectivity index (χ0n) is 9.12. The molecule has 0 aliphatic heterocycles. The van der Waals surface area contributed by atoms with E-state index in [1.54, 1.807) is 0 Å². The quantitative estimate of drug-likeness (QED) is 0.838. The average molecular weight is 278 g/mol. The van der Waals surface area contributed by atoms with Crippen molar-refractivity contribution in [1.82, 2.24) is 5.32 Å². The van der Waals surface area contributed by atoms with Gasteiger partial charge in [0.2, 0.25) is 0 Å². The molecule has 6 heteroatoms. The molecule has 94 valence electrons. The lowest BCUT2D eigenvalue weighted by molar-refractivity contribution is 0.589. The fourth-order valence-electron chi connectivity index (χ4n) is 1.47. The Bertz CT molecular complexity index is 514. The Morgan fingerprint density at radius 3 is 2.71 bits per heavy atom. The molecule has 0 radical (unpaired) electrons. The van der Waals surface area contributed by atoms with Crippen molar-refractivity contribution in [2.75, 3.05) is 12.3 Å². The van der Waals surface area contributed by atoms with Gasteiger partial charge in [0.1, 0.15) is 5.82 Å². The van der Waals surface area contributed by atoms with Gasteiger partial charge in [0.15, 0.2) is 9.84 Å². The van der Waals surface area contributed by atoms with Crippen LogP contribution >= 0.6 is 11.6 Å². The third-order valence-electron chi connectivity index (χ3n) is 2.63. The molecule has 0 heterocycles. The molecule has 0 atom stereocenters. The molecule has 1 aliphatic rings. The molecular weight excluding hydrogens is 265 g/mol. The molecule has 0 spiro atoms. The summed E-state index contributed by atoms with van der Waals surface area (Å²) in [5.74, 6) is -0.604. The van der Waals surface area contributed by atoms with Crippen LogP contribution in [-0.4, -0.2) is 26.8 Å². The van der Waals surface area contributed by atoms with E-state index in [0.717, 1.165) is 25.0 Å². The van der Waals surface area contributed by atoms with Crippen molar-refractivity contribution in [3.8, 4) is 0 Å². The third-order valence-corrected chi connectivity index (χ3v) is 4.63. The number of nitrogens with one attached hydrogen (secondary N) is 1. The lowest BCUT2D eigenvalue weighted by Gasteiger charge is -2.06. The SMILES string of the molecule is O=S(=O)(CCNC1CC1)c1ccc(F)c(Cl)c1. The van der Waals surface area contributed by atoms with Crippen molar-refractivity contribution in [2.24, 2.45) is 0 Å². The first-order valence-electron chi connectivity index (χ1n) is 5.40. The summed E-state index contributed by atoms with van der Waals surface area (Å²) in [4.78, 5) is 0.0708. The molecule has 17 heavy (non-hydrogen) atoms. The fraction of sp³-hybridized carbons (Fsp3) is 0.455. The van der Waals surface area contributed by atoms with E-state index in [4.69, 9.17) is 11.6 Å². The van der Waals surface area contributed by atoms with E-state index in [9.17, 15) is 12.8 Å². The number of rotatable bonds is 5. The van der Waals surface area contributed by atoms with Crippen LogP contribution in [0.4, 0.5) is 4.39 Å². The molecule has 3 nitrogen and oxygen atoms in total. The number of benzene rings is 1. The van der Waals surface area contributed by atoms with Crippen molar-refractivity contribution in [2.45, 2.75) is 23.8 Å². The average Bonchev–Trinajstić information content (AvgIpc) is 3.05. The van der Waals surface area contributed by atoms with Crippen LogP contribution in [0.1, 0.15) is 12.8 Å². The normalized spacial score (nSPS) is 16.1. The van der Waals surface area contributed by atoms with Crippen LogP contribution in [0.5, 0.6) is 0 Å². The summed E-state index contributed by atoms with van der Waals surface area (Å²) >= 11 is 5.56. The molecule has 1 aromatic carbocycles. The summed E-state index contributed by atoms with van der Waals surface area (Å²) in [5.41, 5.74) is 0. The maximum atomic E-state index is 12.9. The van der Waals surface area contributed by atoms with Crippen LogP contribution in [-0.2, 0) is 9.84 Å². The van der Waals surface area contributed by atoms with Gasteiger partial charge in [0.05, 0.1) is 15.7 Å². The standard InChI is InChI=1S/C11H13ClFNO2S/c12-10-7-9(3-4-11(10)13)17(15,16)6-5-14-8-1-2-8/h3-4,7-8,14H,1-2,5-6H2. The molecule has 1 aromatic rings. The van der Waals surface area contributed by atoms with Gasteiger partial charge in [-0.15, -0.1) is 0 Å².